The molecule has 0 aliphatic carbocycles. The highest BCUT2D eigenvalue weighted by molar-refractivity contribution is 5.67. The number of hydrogen-bond donors (Lipinski definition) is 1. The normalized spacial score (nSPS) is 22.3. The van der Waals surface area contributed by atoms with Crippen LogP contribution in [0.4, 0.5) is 0 Å². The molecule has 11 heteroatoms. The summed E-state index contributed by atoms with van der Waals surface area (Å²) >= 11 is 0. The second kappa shape index (κ2) is 14.7. The van der Waals surface area contributed by atoms with Crippen LogP contribution in [-0.2, 0) is 35.0 Å². The lowest BCUT2D eigenvalue weighted by Gasteiger charge is -2.45. The van der Waals surface area contributed by atoms with Gasteiger partial charge in [-0.3, -0.25) is 13.9 Å². The number of carbonyl (C=O) groups is 1. The minimum atomic E-state index is -1.19. The Kier molecular flexibility index (Phi) is 11.1. The van der Waals surface area contributed by atoms with Crippen molar-refractivity contribution < 1.29 is 33.6 Å². The summed E-state index contributed by atoms with van der Waals surface area (Å²) in [6.45, 7) is -1.34. The number of ether oxygens (including phenoxy) is 5. The average Bonchev–Trinajstić information content (AvgIpc) is 2.93. The van der Waals surface area contributed by atoms with Gasteiger partial charge in [0, 0.05) is 12.3 Å². The van der Waals surface area contributed by atoms with Crippen LogP contribution < -0.4 is 11.2 Å². The number of carboxylic acid groups (broad SMARTS) is 1. The molecule has 1 aliphatic heterocycles. The van der Waals surface area contributed by atoms with Crippen LogP contribution in [0.3, 0.4) is 0 Å². The zero-order valence-electron chi connectivity index (χ0n) is 21.0. The lowest BCUT2D eigenvalue weighted by atomic mass is 9.97. The molecule has 0 bridgehead atoms. The Balaban J connectivity index is 2.08. The Morgan fingerprint density at radius 2 is 1.54 bits per heavy atom. The second-order valence-corrected chi connectivity index (χ2v) is 8.33. The first-order chi connectivity index (χ1) is 18.9. The standard InChI is InChI=1S/C28H28N2O9/c1-4-14-36-24-21(18-35-19-23(32)33)39-27(26(38-16-6-3)25(24)37-15-5-2)29-13-12-22(31)30(28(29)34)17-20-10-8-7-9-11-20/h1-3,7-13,21,24-27H,14-19H2,(H,32,33)/t21?,24-,25+,26?,27-/m1/s1. The minimum Gasteiger partial charge on any atom is -0.480 e. The predicted octanol–water partition coefficient (Wildman–Crippen LogP) is 0.112. The first kappa shape index (κ1) is 29.4. The van der Waals surface area contributed by atoms with E-state index in [-0.39, 0.29) is 33.0 Å². The fourth-order valence-corrected chi connectivity index (χ4v) is 4.15. The summed E-state index contributed by atoms with van der Waals surface area (Å²) in [5.41, 5.74) is -0.472. The molecule has 1 fully saturated rings. The second-order valence-electron chi connectivity index (χ2n) is 8.33. The van der Waals surface area contributed by atoms with Crippen LogP contribution in [0.5, 0.6) is 0 Å². The van der Waals surface area contributed by atoms with Crippen molar-refractivity contribution in [3.63, 3.8) is 0 Å². The van der Waals surface area contributed by atoms with Gasteiger partial charge in [0.05, 0.1) is 13.2 Å². The summed E-state index contributed by atoms with van der Waals surface area (Å²) in [5, 5.41) is 9.01. The number of nitrogens with zero attached hydrogens (tertiary/aromatic N) is 2. The maximum atomic E-state index is 13.6. The quantitative estimate of drug-likeness (QED) is 0.355. The van der Waals surface area contributed by atoms with Gasteiger partial charge in [0.2, 0.25) is 0 Å². The van der Waals surface area contributed by atoms with E-state index in [2.05, 4.69) is 17.8 Å². The lowest BCUT2D eigenvalue weighted by molar-refractivity contribution is -0.278. The monoisotopic (exact) mass is 536 g/mol. The van der Waals surface area contributed by atoms with Gasteiger partial charge in [-0.05, 0) is 5.56 Å². The van der Waals surface area contributed by atoms with Crippen molar-refractivity contribution in [3.8, 4) is 37.0 Å². The summed E-state index contributed by atoms with van der Waals surface area (Å²) in [4.78, 5) is 37.3. The van der Waals surface area contributed by atoms with Gasteiger partial charge in [-0.2, -0.15) is 0 Å². The van der Waals surface area contributed by atoms with Crippen LogP contribution in [0.2, 0.25) is 0 Å². The molecule has 2 unspecified atom stereocenters. The van der Waals surface area contributed by atoms with Crippen molar-refractivity contribution in [2.45, 2.75) is 37.2 Å². The van der Waals surface area contributed by atoms with Gasteiger partial charge >= 0.3 is 11.7 Å². The molecule has 1 saturated heterocycles. The molecule has 39 heavy (non-hydrogen) atoms. The number of rotatable bonds is 13. The summed E-state index contributed by atoms with van der Waals surface area (Å²) in [7, 11) is 0. The van der Waals surface area contributed by atoms with Crippen LogP contribution in [0.15, 0.2) is 52.2 Å². The Bertz CT molecular complexity index is 1350. The zero-order valence-corrected chi connectivity index (χ0v) is 21.0. The topological polar surface area (TPSA) is 127 Å². The third-order valence-corrected chi connectivity index (χ3v) is 5.75. The van der Waals surface area contributed by atoms with E-state index in [4.69, 9.17) is 48.1 Å². The maximum Gasteiger partial charge on any atom is 0.333 e. The number of aliphatic carboxylic acids is 1. The van der Waals surface area contributed by atoms with Gasteiger partial charge in [-0.25, -0.2) is 9.59 Å². The van der Waals surface area contributed by atoms with Gasteiger partial charge < -0.3 is 28.8 Å². The minimum absolute atomic E-state index is 0.0119. The lowest BCUT2D eigenvalue weighted by Crippen LogP contribution is -2.61. The molecule has 1 aromatic carbocycles. The molecule has 204 valence electrons. The fourth-order valence-electron chi connectivity index (χ4n) is 4.15. The van der Waals surface area contributed by atoms with Crippen LogP contribution in [0.1, 0.15) is 11.8 Å². The molecular formula is C28H28N2O9. The Morgan fingerprint density at radius 3 is 2.15 bits per heavy atom. The van der Waals surface area contributed by atoms with E-state index in [1.807, 2.05) is 6.07 Å². The van der Waals surface area contributed by atoms with Crippen molar-refractivity contribution in [1.29, 1.82) is 0 Å². The molecule has 2 aromatic rings. The highest BCUT2D eigenvalue weighted by Gasteiger charge is 2.49. The highest BCUT2D eigenvalue weighted by Crippen LogP contribution is 2.33. The molecule has 1 aromatic heterocycles. The van der Waals surface area contributed by atoms with Gasteiger partial charge in [0.25, 0.3) is 5.56 Å². The van der Waals surface area contributed by atoms with E-state index in [9.17, 15) is 14.4 Å². The fraction of sp³-hybridized carbons (Fsp3) is 0.393. The number of benzene rings is 1. The molecule has 0 amide bonds. The van der Waals surface area contributed by atoms with E-state index in [0.29, 0.717) is 0 Å². The molecule has 11 nitrogen and oxygen atoms in total. The van der Waals surface area contributed by atoms with Crippen molar-refractivity contribution in [1.82, 2.24) is 9.13 Å². The van der Waals surface area contributed by atoms with E-state index in [1.165, 1.54) is 16.8 Å². The molecule has 0 saturated carbocycles. The largest absolute Gasteiger partial charge is 0.480 e. The van der Waals surface area contributed by atoms with Gasteiger partial charge in [-0.15, -0.1) is 19.3 Å². The van der Waals surface area contributed by atoms with E-state index in [1.54, 1.807) is 24.3 Å². The van der Waals surface area contributed by atoms with Crippen molar-refractivity contribution >= 4 is 5.97 Å². The number of carboxylic acids is 1. The Morgan fingerprint density at radius 1 is 0.923 bits per heavy atom. The van der Waals surface area contributed by atoms with Crippen LogP contribution in [0, 0.1) is 37.0 Å². The summed E-state index contributed by atoms with van der Waals surface area (Å²) < 4.78 is 31.3. The summed E-state index contributed by atoms with van der Waals surface area (Å²) in [6, 6.07) is 10.2. The first-order valence-corrected chi connectivity index (χ1v) is 11.9. The predicted molar refractivity (Wildman–Crippen MR) is 139 cm³/mol. The number of hydrogen-bond acceptors (Lipinski definition) is 8. The average molecular weight is 537 g/mol. The molecule has 0 radical (unpaired) electrons. The number of aromatic nitrogens is 2. The first-order valence-electron chi connectivity index (χ1n) is 11.9. The summed E-state index contributed by atoms with van der Waals surface area (Å²) in [5.74, 6) is 5.91. The van der Waals surface area contributed by atoms with Crippen molar-refractivity contribution in [2.75, 3.05) is 33.0 Å². The maximum absolute atomic E-state index is 13.6. The molecule has 3 rings (SSSR count). The molecule has 1 N–H and O–H groups in total. The Hall–Kier alpha value is -4.15. The molecule has 5 atom stereocenters. The molecule has 2 heterocycles. The van der Waals surface area contributed by atoms with Crippen LogP contribution in [0.25, 0.3) is 0 Å². The highest BCUT2D eigenvalue weighted by atomic mass is 16.6. The zero-order chi connectivity index (χ0) is 28.2. The van der Waals surface area contributed by atoms with E-state index < -0.39 is 54.5 Å². The van der Waals surface area contributed by atoms with Crippen LogP contribution >= 0.6 is 0 Å². The molecular weight excluding hydrogens is 508 g/mol. The molecule has 0 spiro atoms. The van der Waals surface area contributed by atoms with Gasteiger partial charge in [0.1, 0.15) is 50.8 Å². The smallest absolute Gasteiger partial charge is 0.333 e. The summed E-state index contributed by atoms with van der Waals surface area (Å²) in [6.07, 6.45) is 12.4. The third kappa shape index (κ3) is 7.68. The Labute approximate surface area is 225 Å². The van der Waals surface area contributed by atoms with E-state index >= 15 is 0 Å². The SMILES string of the molecule is C#CCOC1[C@@H](OCC#C)[C@H](OCC#C)C(COCC(=O)O)O[C@H]1n1ccc(=O)n(Cc2ccccc2)c1=O. The number of terminal acetylenes is 3. The van der Waals surface area contributed by atoms with E-state index in [0.717, 1.165) is 10.1 Å². The van der Waals surface area contributed by atoms with Gasteiger partial charge in [0.15, 0.2) is 6.23 Å². The van der Waals surface area contributed by atoms with Crippen molar-refractivity contribution in [3.05, 3.63) is 69.0 Å². The third-order valence-electron chi connectivity index (χ3n) is 5.75. The van der Waals surface area contributed by atoms with Crippen molar-refractivity contribution in [2.24, 2.45) is 0 Å². The molecule has 1 aliphatic rings. The van der Waals surface area contributed by atoms with Crippen LogP contribution in [-0.4, -0.2) is 77.7 Å². The van der Waals surface area contributed by atoms with Gasteiger partial charge in [-0.1, -0.05) is 48.1 Å².